The fraction of sp³-hybridized carbons (Fsp3) is 1.00. The highest BCUT2D eigenvalue weighted by Gasteiger charge is 2.40. The Morgan fingerprint density at radius 2 is 1.36 bits per heavy atom. The summed E-state index contributed by atoms with van der Waals surface area (Å²) in [7, 11) is -0.0329. The molecule has 1 aliphatic rings. The van der Waals surface area contributed by atoms with Gasteiger partial charge in [0.2, 0.25) is 0 Å². The largest absolute Gasteiger partial charge is 0.336 e. The first kappa shape index (κ1) is 12.4. The maximum absolute atomic E-state index is 2.77. The van der Waals surface area contributed by atoms with Gasteiger partial charge in [0.05, 0.1) is 0 Å². The highest BCUT2D eigenvalue weighted by molar-refractivity contribution is 6.88. The number of hydrogen-bond acceptors (Lipinski definition) is 2. The molecule has 4 heteroatoms. The molecule has 1 heterocycles. The molecule has 0 radical (unpaired) electrons. The minimum Gasteiger partial charge on any atom is -0.336 e. The Morgan fingerprint density at radius 1 is 0.929 bits per heavy atom. The smallest absolute Gasteiger partial charge is 0.193 e. The zero-order valence-corrected chi connectivity index (χ0v) is 12.7. The summed E-state index contributed by atoms with van der Waals surface area (Å²) in [6.45, 7) is 15.1. The summed E-state index contributed by atoms with van der Waals surface area (Å²) in [6, 6.07) is 0. The van der Waals surface area contributed by atoms with Crippen molar-refractivity contribution in [3.8, 4) is 0 Å². The van der Waals surface area contributed by atoms with Gasteiger partial charge < -0.3 is 8.80 Å². The average Bonchev–Trinajstić information content (AvgIpc) is 2.53. The van der Waals surface area contributed by atoms with Crippen LogP contribution in [0.25, 0.3) is 0 Å². The average molecular weight is 231 g/mol. The van der Waals surface area contributed by atoms with E-state index in [2.05, 4.69) is 48.6 Å². The molecular formula is C10H26N2Si2. The van der Waals surface area contributed by atoms with E-state index in [-0.39, 0.29) is 0 Å². The highest BCUT2D eigenvalue weighted by Crippen LogP contribution is 2.24. The number of hydrogen-bond donors (Lipinski definition) is 0. The van der Waals surface area contributed by atoms with Gasteiger partial charge in [-0.3, -0.25) is 0 Å². The summed E-state index contributed by atoms with van der Waals surface area (Å²) in [5.74, 6) is 0. The predicted octanol–water partition coefficient (Wildman–Crippen LogP) is 2.55. The fourth-order valence-corrected chi connectivity index (χ4v) is 11.1. The van der Waals surface area contributed by atoms with Gasteiger partial charge in [0, 0.05) is 0 Å². The molecule has 1 rings (SSSR count). The van der Waals surface area contributed by atoms with Crippen LogP contribution >= 0.6 is 0 Å². The van der Waals surface area contributed by atoms with E-state index in [4.69, 9.17) is 0 Å². The molecule has 0 aromatic rings. The van der Waals surface area contributed by atoms with Crippen LogP contribution < -0.4 is 0 Å². The molecule has 0 aromatic carbocycles. The Bertz CT molecular complexity index is 193. The molecule has 0 aliphatic carbocycles. The van der Waals surface area contributed by atoms with Crippen LogP contribution in [-0.2, 0) is 0 Å². The molecule has 1 fully saturated rings. The van der Waals surface area contributed by atoms with Crippen molar-refractivity contribution >= 4 is 16.6 Å². The van der Waals surface area contributed by atoms with Gasteiger partial charge in [-0.2, -0.15) is 0 Å². The molecule has 0 atom stereocenters. The normalized spacial score (nSPS) is 20.8. The van der Waals surface area contributed by atoms with Crippen molar-refractivity contribution in [3.63, 3.8) is 0 Å². The summed E-state index contributed by atoms with van der Waals surface area (Å²) >= 11 is 0. The lowest BCUT2D eigenvalue weighted by Gasteiger charge is -2.47. The molecule has 14 heavy (non-hydrogen) atoms. The second-order valence-corrected chi connectivity index (χ2v) is 15.7. The van der Waals surface area contributed by atoms with E-state index >= 15 is 0 Å². The molecule has 0 spiro atoms. The van der Waals surface area contributed by atoms with E-state index in [1.54, 1.807) is 0 Å². The van der Waals surface area contributed by atoms with Crippen molar-refractivity contribution in [1.82, 2.24) is 8.80 Å². The predicted molar refractivity (Wildman–Crippen MR) is 69.4 cm³/mol. The van der Waals surface area contributed by atoms with Crippen LogP contribution in [0.5, 0.6) is 0 Å². The SMILES string of the molecule is CN([Si](C)(C)C)[Si](C)(C)N1CCCC1. The van der Waals surface area contributed by atoms with Crippen LogP contribution in [0.15, 0.2) is 0 Å². The van der Waals surface area contributed by atoms with Gasteiger partial charge in [-0.25, -0.2) is 0 Å². The molecule has 0 unspecified atom stereocenters. The van der Waals surface area contributed by atoms with Crippen LogP contribution in [0.1, 0.15) is 12.8 Å². The van der Waals surface area contributed by atoms with E-state index < -0.39 is 16.6 Å². The minimum atomic E-state index is -1.28. The van der Waals surface area contributed by atoms with Gasteiger partial charge in [0.15, 0.2) is 8.40 Å². The monoisotopic (exact) mass is 230 g/mol. The lowest BCUT2D eigenvalue weighted by Crippen LogP contribution is -2.66. The van der Waals surface area contributed by atoms with Crippen LogP contribution in [0.4, 0.5) is 0 Å². The summed E-state index contributed by atoms with van der Waals surface area (Å²) in [4.78, 5) is 0. The Labute approximate surface area is 91.5 Å². The van der Waals surface area contributed by atoms with E-state index in [0.717, 1.165) is 0 Å². The Kier molecular flexibility index (Phi) is 3.62. The topological polar surface area (TPSA) is 6.48 Å². The van der Waals surface area contributed by atoms with Crippen molar-refractivity contribution in [3.05, 3.63) is 0 Å². The Hall–Kier alpha value is 0.354. The molecule has 0 aromatic heterocycles. The quantitative estimate of drug-likeness (QED) is 0.688. The standard InChI is InChI=1S/C10H26N2Si2/c1-11(13(2,3)4)14(5,6)12-9-7-8-10-12/h7-10H2,1-6H3. The van der Waals surface area contributed by atoms with Crippen molar-refractivity contribution in [2.75, 3.05) is 20.1 Å². The van der Waals surface area contributed by atoms with Gasteiger partial charge in [0.25, 0.3) is 0 Å². The van der Waals surface area contributed by atoms with Crippen LogP contribution in [0.3, 0.4) is 0 Å². The van der Waals surface area contributed by atoms with Gasteiger partial charge in [0.1, 0.15) is 8.24 Å². The molecule has 84 valence electrons. The van der Waals surface area contributed by atoms with Gasteiger partial charge in [-0.1, -0.05) is 19.6 Å². The lowest BCUT2D eigenvalue weighted by atomic mass is 10.4. The van der Waals surface area contributed by atoms with Gasteiger partial charge in [-0.05, 0) is 46.1 Å². The first-order chi connectivity index (χ1) is 6.26. The second kappa shape index (κ2) is 4.08. The van der Waals surface area contributed by atoms with Crippen molar-refractivity contribution in [2.24, 2.45) is 0 Å². The molecule has 2 nitrogen and oxygen atoms in total. The fourth-order valence-electron chi connectivity index (χ4n) is 2.30. The molecule has 0 bridgehead atoms. The maximum Gasteiger partial charge on any atom is 0.193 e. The van der Waals surface area contributed by atoms with E-state index in [1.807, 2.05) is 0 Å². The number of rotatable bonds is 3. The molecule has 0 amide bonds. The molecule has 1 saturated heterocycles. The third-order valence-electron chi connectivity index (χ3n) is 3.71. The molecule has 0 saturated carbocycles. The van der Waals surface area contributed by atoms with Crippen molar-refractivity contribution in [1.29, 1.82) is 0 Å². The highest BCUT2D eigenvalue weighted by atomic mass is 28.4. The minimum absolute atomic E-state index is 1.11. The van der Waals surface area contributed by atoms with E-state index in [1.165, 1.54) is 25.9 Å². The Balaban J connectivity index is 2.72. The van der Waals surface area contributed by atoms with Gasteiger partial charge >= 0.3 is 0 Å². The number of nitrogens with zero attached hydrogens (tertiary/aromatic N) is 2. The first-order valence-corrected chi connectivity index (χ1v) is 12.1. The van der Waals surface area contributed by atoms with Crippen molar-refractivity contribution in [2.45, 2.75) is 45.6 Å². The zero-order valence-electron chi connectivity index (χ0n) is 10.7. The lowest BCUT2D eigenvalue weighted by molar-refractivity contribution is 0.472. The summed E-state index contributed by atoms with van der Waals surface area (Å²) in [5.41, 5.74) is 0. The molecule has 0 N–H and O–H groups in total. The van der Waals surface area contributed by atoms with E-state index in [9.17, 15) is 0 Å². The van der Waals surface area contributed by atoms with Crippen LogP contribution in [0, 0.1) is 0 Å². The van der Waals surface area contributed by atoms with Crippen LogP contribution in [0.2, 0.25) is 32.7 Å². The summed E-state index contributed by atoms with van der Waals surface area (Å²) in [6.07, 6.45) is 2.83. The zero-order chi connectivity index (χ0) is 11.0. The Morgan fingerprint density at radius 3 is 1.71 bits per heavy atom. The first-order valence-electron chi connectivity index (χ1n) is 5.75. The third-order valence-corrected chi connectivity index (χ3v) is 13.0. The van der Waals surface area contributed by atoms with Crippen molar-refractivity contribution < 1.29 is 0 Å². The summed E-state index contributed by atoms with van der Waals surface area (Å²) in [5, 5.41) is 0. The van der Waals surface area contributed by atoms with Gasteiger partial charge in [-0.15, -0.1) is 0 Å². The van der Waals surface area contributed by atoms with E-state index in [0.29, 0.717) is 0 Å². The third kappa shape index (κ3) is 2.48. The maximum atomic E-state index is 2.77. The second-order valence-electron chi connectivity index (χ2n) is 5.92. The molecule has 1 aliphatic heterocycles. The van der Waals surface area contributed by atoms with Crippen LogP contribution in [-0.4, -0.2) is 45.6 Å². The summed E-state index contributed by atoms with van der Waals surface area (Å²) < 4.78 is 5.52. The molecular weight excluding hydrogens is 204 g/mol.